The maximum Gasteiger partial charge on any atom is 0.244 e. The van der Waals surface area contributed by atoms with Crippen molar-refractivity contribution in [1.82, 2.24) is 4.98 Å². The second-order valence-electron chi connectivity index (χ2n) is 8.98. The molecule has 1 aromatic heterocycles. The number of sulfone groups is 1. The molecule has 0 aliphatic carbocycles. The number of aromatic nitrogens is 1. The van der Waals surface area contributed by atoms with Gasteiger partial charge in [0.25, 0.3) is 0 Å². The quantitative estimate of drug-likeness (QED) is 0.479. The van der Waals surface area contributed by atoms with Crippen molar-refractivity contribution in [2.45, 2.75) is 33.1 Å². The van der Waals surface area contributed by atoms with Crippen molar-refractivity contribution >= 4 is 49.5 Å². The second kappa shape index (κ2) is 10.8. The van der Waals surface area contributed by atoms with Crippen LogP contribution in [0.2, 0.25) is 0 Å². The number of carbonyl (C=O) groups excluding carboxylic acids is 2. The molecule has 2 heterocycles. The fraction of sp³-hybridized carbons (Fsp3) is 0.346. The third kappa shape index (κ3) is 5.93. The Balaban J connectivity index is 1.55. The van der Waals surface area contributed by atoms with Crippen LogP contribution in [0.5, 0.6) is 0 Å². The molecule has 0 bridgehead atoms. The van der Waals surface area contributed by atoms with Crippen molar-refractivity contribution in [2.75, 3.05) is 34.0 Å². The SMILES string of the molecule is CCc1cccc(C)c1N(CC(=O)Nc1ccc(-c2csc(N)n2)cc1)C(=O)C1CCS(=O)(=O)CC1. The number of hydrogen-bond acceptors (Lipinski definition) is 7. The van der Waals surface area contributed by atoms with Crippen LogP contribution in [0.4, 0.5) is 16.5 Å². The van der Waals surface area contributed by atoms with Gasteiger partial charge in [0.05, 0.1) is 22.9 Å². The molecule has 8 nitrogen and oxygen atoms in total. The molecule has 190 valence electrons. The van der Waals surface area contributed by atoms with Gasteiger partial charge in [-0.05, 0) is 49.4 Å². The van der Waals surface area contributed by atoms with Crippen molar-refractivity contribution in [3.63, 3.8) is 0 Å². The Bertz CT molecular complexity index is 1350. The molecule has 0 spiro atoms. The molecule has 0 radical (unpaired) electrons. The Labute approximate surface area is 215 Å². The van der Waals surface area contributed by atoms with Gasteiger partial charge in [-0.1, -0.05) is 37.3 Å². The van der Waals surface area contributed by atoms with Crippen LogP contribution in [0, 0.1) is 12.8 Å². The average Bonchev–Trinajstić information content (AvgIpc) is 3.29. The third-order valence-electron chi connectivity index (χ3n) is 6.43. The van der Waals surface area contributed by atoms with Gasteiger partial charge >= 0.3 is 0 Å². The highest BCUT2D eigenvalue weighted by Gasteiger charge is 2.33. The van der Waals surface area contributed by atoms with Crippen LogP contribution in [0.3, 0.4) is 0 Å². The smallest absolute Gasteiger partial charge is 0.244 e. The van der Waals surface area contributed by atoms with Gasteiger partial charge in [-0.25, -0.2) is 13.4 Å². The summed E-state index contributed by atoms with van der Waals surface area (Å²) in [5.74, 6) is -0.984. The van der Waals surface area contributed by atoms with Gasteiger partial charge in [-0.3, -0.25) is 9.59 Å². The molecule has 2 aromatic carbocycles. The molecule has 3 N–H and O–H groups in total. The molecular weight excluding hydrogens is 496 g/mol. The van der Waals surface area contributed by atoms with E-state index in [0.717, 1.165) is 28.1 Å². The summed E-state index contributed by atoms with van der Waals surface area (Å²) in [6, 6.07) is 13.1. The number of amides is 2. The first-order chi connectivity index (χ1) is 17.2. The maximum absolute atomic E-state index is 13.7. The van der Waals surface area contributed by atoms with Crippen molar-refractivity contribution in [3.05, 3.63) is 59.0 Å². The lowest BCUT2D eigenvalue weighted by molar-refractivity contribution is -0.124. The van der Waals surface area contributed by atoms with E-state index in [1.165, 1.54) is 11.3 Å². The Morgan fingerprint density at radius 1 is 1.14 bits per heavy atom. The van der Waals surface area contributed by atoms with Crippen molar-refractivity contribution in [2.24, 2.45) is 5.92 Å². The molecule has 0 atom stereocenters. The first-order valence-electron chi connectivity index (χ1n) is 11.9. The van der Waals surface area contributed by atoms with Gasteiger partial charge in [0.2, 0.25) is 11.8 Å². The fourth-order valence-electron chi connectivity index (χ4n) is 4.50. The number of rotatable bonds is 7. The molecule has 1 saturated heterocycles. The monoisotopic (exact) mass is 526 g/mol. The van der Waals surface area contributed by atoms with E-state index in [1.54, 1.807) is 17.0 Å². The Hall–Kier alpha value is -3.24. The number of nitrogens with two attached hydrogens (primary N) is 1. The van der Waals surface area contributed by atoms with Crippen LogP contribution >= 0.6 is 11.3 Å². The number of anilines is 3. The number of thiazole rings is 1. The van der Waals surface area contributed by atoms with Crippen molar-refractivity contribution in [3.8, 4) is 11.3 Å². The van der Waals surface area contributed by atoms with Gasteiger partial charge in [0, 0.05) is 22.5 Å². The number of benzene rings is 2. The van der Waals surface area contributed by atoms with E-state index in [0.29, 0.717) is 17.2 Å². The number of nitrogens with zero attached hydrogens (tertiary/aromatic N) is 2. The lowest BCUT2D eigenvalue weighted by Gasteiger charge is -2.31. The maximum atomic E-state index is 13.7. The van der Waals surface area contributed by atoms with E-state index in [4.69, 9.17) is 5.73 Å². The Morgan fingerprint density at radius 3 is 2.44 bits per heavy atom. The number of para-hydroxylation sites is 1. The van der Waals surface area contributed by atoms with E-state index in [2.05, 4.69) is 10.3 Å². The minimum Gasteiger partial charge on any atom is -0.375 e. The van der Waals surface area contributed by atoms with Crippen LogP contribution in [-0.4, -0.2) is 43.3 Å². The van der Waals surface area contributed by atoms with Crippen LogP contribution in [0.1, 0.15) is 30.9 Å². The molecule has 2 amide bonds. The van der Waals surface area contributed by atoms with Crippen LogP contribution < -0.4 is 16.0 Å². The van der Waals surface area contributed by atoms with Gasteiger partial charge < -0.3 is 16.0 Å². The molecule has 3 aromatic rings. The standard InChI is InChI=1S/C26H30N4O4S2/c1-3-18-6-4-5-17(2)24(18)30(25(32)20-11-13-36(33,34)14-12-20)15-23(31)28-21-9-7-19(8-10-21)22-16-35-26(27)29-22/h4-10,16,20H,3,11-15H2,1-2H3,(H2,27,29)(H,28,31). The first-order valence-corrected chi connectivity index (χ1v) is 14.6. The Kier molecular flexibility index (Phi) is 7.75. The van der Waals surface area contributed by atoms with E-state index in [1.807, 2.05) is 49.6 Å². The van der Waals surface area contributed by atoms with E-state index in [9.17, 15) is 18.0 Å². The number of nitrogen functional groups attached to an aromatic ring is 1. The largest absolute Gasteiger partial charge is 0.375 e. The molecule has 4 rings (SSSR count). The number of aryl methyl sites for hydroxylation is 2. The zero-order valence-electron chi connectivity index (χ0n) is 20.4. The summed E-state index contributed by atoms with van der Waals surface area (Å²) in [4.78, 5) is 32.6. The predicted octanol–water partition coefficient (Wildman–Crippen LogP) is 4.06. The minimum atomic E-state index is -3.11. The summed E-state index contributed by atoms with van der Waals surface area (Å²) in [6.07, 6.45) is 1.24. The lowest BCUT2D eigenvalue weighted by Crippen LogP contribution is -2.44. The predicted molar refractivity (Wildman–Crippen MR) is 145 cm³/mol. The van der Waals surface area contributed by atoms with Crippen LogP contribution in [-0.2, 0) is 25.8 Å². The molecule has 1 fully saturated rings. The molecule has 0 saturated carbocycles. The molecule has 36 heavy (non-hydrogen) atoms. The Morgan fingerprint density at radius 2 is 1.83 bits per heavy atom. The highest BCUT2D eigenvalue weighted by molar-refractivity contribution is 7.91. The average molecular weight is 527 g/mol. The highest BCUT2D eigenvalue weighted by atomic mass is 32.2. The van der Waals surface area contributed by atoms with Crippen molar-refractivity contribution in [1.29, 1.82) is 0 Å². The second-order valence-corrected chi connectivity index (χ2v) is 12.2. The number of hydrogen-bond donors (Lipinski definition) is 2. The van der Waals surface area contributed by atoms with Gasteiger partial charge in [0.1, 0.15) is 16.4 Å². The third-order valence-corrected chi connectivity index (χ3v) is 8.82. The van der Waals surface area contributed by atoms with Gasteiger partial charge in [0.15, 0.2) is 5.13 Å². The summed E-state index contributed by atoms with van der Waals surface area (Å²) in [5.41, 5.74) is 10.6. The van der Waals surface area contributed by atoms with Crippen LogP contribution in [0.15, 0.2) is 47.8 Å². The number of carbonyl (C=O) groups is 2. The zero-order valence-corrected chi connectivity index (χ0v) is 22.0. The van der Waals surface area contributed by atoms with Gasteiger partial charge in [-0.15, -0.1) is 11.3 Å². The lowest BCUT2D eigenvalue weighted by atomic mass is 9.98. The van der Waals surface area contributed by atoms with E-state index in [-0.39, 0.29) is 42.7 Å². The summed E-state index contributed by atoms with van der Waals surface area (Å²) < 4.78 is 23.8. The summed E-state index contributed by atoms with van der Waals surface area (Å²) >= 11 is 1.36. The molecule has 10 heteroatoms. The normalized spacial score (nSPS) is 15.4. The van der Waals surface area contributed by atoms with E-state index < -0.39 is 15.8 Å². The molecule has 1 aliphatic rings. The zero-order chi connectivity index (χ0) is 25.9. The summed E-state index contributed by atoms with van der Waals surface area (Å²) in [7, 11) is -3.11. The van der Waals surface area contributed by atoms with Gasteiger partial charge in [-0.2, -0.15) is 0 Å². The first kappa shape index (κ1) is 25.8. The summed E-state index contributed by atoms with van der Waals surface area (Å²) in [5, 5.41) is 5.25. The topological polar surface area (TPSA) is 122 Å². The molecule has 0 unspecified atom stereocenters. The van der Waals surface area contributed by atoms with E-state index >= 15 is 0 Å². The molecular formula is C26H30N4O4S2. The highest BCUT2D eigenvalue weighted by Crippen LogP contribution is 2.30. The summed E-state index contributed by atoms with van der Waals surface area (Å²) in [6.45, 7) is 3.76. The van der Waals surface area contributed by atoms with Crippen molar-refractivity contribution < 1.29 is 18.0 Å². The fourth-order valence-corrected chi connectivity index (χ4v) is 6.57. The van der Waals surface area contributed by atoms with Crippen LogP contribution in [0.25, 0.3) is 11.3 Å². The number of nitrogens with one attached hydrogen (secondary N) is 1. The minimum absolute atomic E-state index is 0.00512. The molecule has 1 aliphatic heterocycles.